The summed E-state index contributed by atoms with van der Waals surface area (Å²) in [6.07, 6.45) is 1.76. The van der Waals surface area contributed by atoms with Gasteiger partial charge in [0.15, 0.2) is 0 Å². The number of aromatic amines is 1. The molecule has 136 valence electrons. The molecule has 1 fully saturated rings. The highest BCUT2D eigenvalue weighted by molar-refractivity contribution is 6.30. The van der Waals surface area contributed by atoms with Gasteiger partial charge in [-0.15, -0.1) is 0 Å². The lowest BCUT2D eigenvalue weighted by Crippen LogP contribution is -2.12. The maximum atomic E-state index is 11.2. The van der Waals surface area contributed by atoms with Crippen LogP contribution >= 0.6 is 11.6 Å². The topological polar surface area (TPSA) is 88.0 Å². The quantitative estimate of drug-likeness (QED) is 0.527. The lowest BCUT2D eigenvalue weighted by atomic mass is 10.2. The fourth-order valence-corrected chi connectivity index (χ4v) is 2.53. The molecule has 0 saturated carbocycles. The van der Waals surface area contributed by atoms with Crippen molar-refractivity contribution in [2.75, 3.05) is 12.3 Å². The number of H-pyrrole nitrogens is 1. The number of hydrogen-bond acceptors (Lipinski definition) is 3. The van der Waals surface area contributed by atoms with Gasteiger partial charge in [-0.3, -0.25) is 9.59 Å². The van der Waals surface area contributed by atoms with Crippen LogP contribution in [-0.2, 0) is 4.79 Å². The minimum absolute atomic E-state index is 0.00583. The minimum atomic E-state index is -0.00583. The Kier molecular flexibility index (Phi) is 7.24. The van der Waals surface area contributed by atoms with Crippen LogP contribution in [-0.4, -0.2) is 17.4 Å². The number of para-hydroxylation sites is 1. The summed E-state index contributed by atoms with van der Waals surface area (Å²) in [5.41, 5.74) is 7.73. The molecule has 0 unspecified atom stereocenters. The molecule has 0 atom stereocenters. The fraction of sp³-hybridized carbons (Fsp3) is 0.200. The molecule has 6 heteroatoms. The Morgan fingerprint density at radius 1 is 1.04 bits per heavy atom. The van der Waals surface area contributed by atoms with Gasteiger partial charge in [-0.1, -0.05) is 35.9 Å². The largest absolute Gasteiger partial charge is 0.399 e. The van der Waals surface area contributed by atoms with Crippen molar-refractivity contribution < 1.29 is 4.79 Å². The van der Waals surface area contributed by atoms with Crippen LogP contribution in [0, 0.1) is 6.92 Å². The van der Waals surface area contributed by atoms with E-state index in [1.54, 1.807) is 18.2 Å². The predicted octanol–water partition coefficient (Wildman–Crippen LogP) is 3.66. The van der Waals surface area contributed by atoms with E-state index in [4.69, 9.17) is 17.3 Å². The van der Waals surface area contributed by atoms with Crippen LogP contribution in [0.1, 0.15) is 18.4 Å². The number of rotatable bonds is 0. The number of carbonyl (C=O) groups is 1. The third-order valence-corrected chi connectivity index (χ3v) is 3.93. The number of benzene rings is 2. The van der Waals surface area contributed by atoms with E-state index in [9.17, 15) is 9.59 Å². The molecule has 4 rings (SSSR count). The van der Waals surface area contributed by atoms with Crippen molar-refractivity contribution in [2.24, 2.45) is 0 Å². The van der Waals surface area contributed by atoms with Crippen LogP contribution in [0.4, 0.5) is 5.69 Å². The molecule has 5 nitrogen and oxygen atoms in total. The van der Waals surface area contributed by atoms with Gasteiger partial charge in [-0.25, -0.2) is 0 Å². The van der Waals surface area contributed by atoms with E-state index in [1.165, 1.54) is 0 Å². The van der Waals surface area contributed by atoms with Crippen molar-refractivity contribution in [3.05, 3.63) is 75.5 Å². The fourth-order valence-electron chi connectivity index (χ4n) is 2.33. The van der Waals surface area contributed by atoms with Crippen LogP contribution in [0.25, 0.3) is 10.9 Å². The van der Waals surface area contributed by atoms with Gasteiger partial charge in [-0.2, -0.15) is 0 Å². The summed E-state index contributed by atoms with van der Waals surface area (Å²) in [7, 11) is 0. The van der Waals surface area contributed by atoms with E-state index in [-0.39, 0.29) is 11.5 Å². The third kappa shape index (κ3) is 6.26. The van der Waals surface area contributed by atoms with Crippen molar-refractivity contribution >= 4 is 34.1 Å². The lowest BCUT2D eigenvalue weighted by Gasteiger charge is -1.97. The molecule has 2 aromatic carbocycles. The zero-order valence-corrected chi connectivity index (χ0v) is 15.3. The number of halogens is 1. The second kappa shape index (κ2) is 9.63. The first-order chi connectivity index (χ1) is 12.5. The molecule has 1 aromatic heterocycles. The summed E-state index contributed by atoms with van der Waals surface area (Å²) in [5, 5.41) is 4.44. The highest BCUT2D eigenvalue weighted by Crippen LogP contribution is 2.11. The SMILES string of the molecule is Cc1cc2ccccc2[nH]c1=O.Nc1cccc(Cl)c1.O=C1CCCN1. The number of carbonyl (C=O) groups excluding carboxylic acids is 1. The average molecular weight is 372 g/mol. The third-order valence-electron chi connectivity index (χ3n) is 3.69. The summed E-state index contributed by atoms with van der Waals surface area (Å²) in [6, 6.07) is 16.8. The summed E-state index contributed by atoms with van der Waals surface area (Å²) in [4.78, 5) is 24.1. The molecular weight excluding hydrogens is 350 g/mol. The van der Waals surface area contributed by atoms with Gasteiger partial charge in [0.05, 0.1) is 0 Å². The summed E-state index contributed by atoms with van der Waals surface area (Å²) in [6.45, 7) is 2.70. The zero-order valence-electron chi connectivity index (χ0n) is 14.6. The van der Waals surface area contributed by atoms with Crippen molar-refractivity contribution in [2.45, 2.75) is 19.8 Å². The second-order valence-electron chi connectivity index (χ2n) is 5.88. The van der Waals surface area contributed by atoms with Crippen molar-refractivity contribution in [3.8, 4) is 0 Å². The first-order valence-electron chi connectivity index (χ1n) is 8.32. The van der Waals surface area contributed by atoms with Crippen molar-refractivity contribution in [3.63, 3.8) is 0 Å². The highest BCUT2D eigenvalue weighted by Gasteiger charge is 2.05. The second-order valence-corrected chi connectivity index (χ2v) is 6.31. The Morgan fingerprint density at radius 3 is 2.35 bits per heavy atom. The van der Waals surface area contributed by atoms with E-state index in [0.717, 1.165) is 35.9 Å². The van der Waals surface area contributed by atoms with Gasteiger partial charge in [0.1, 0.15) is 0 Å². The summed E-state index contributed by atoms with van der Waals surface area (Å²) in [5.74, 6) is 0.204. The Bertz CT molecular complexity index is 912. The number of nitrogens with one attached hydrogen (secondary N) is 2. The molecule has 1 saturated heterocycles. The lowest BCUT2D eigenvalue weighted by molar-refractivity contribution is -0.119. The van der Waals surface area contributed by atoms with Crippen molar-refractivity contribution in [1.82, 2.24) is 10.3 Å². The van der Waals surface area contributed by atoms with Gasteiger partial charge in [-0.05, 0) is 49.1 Å². The number of fused-ring (bicyclic) bond motifs is 1. The number of amides is 1. The van der Waals surface area contributed by atoms with Crippen molar-refractivity contribution in [1.29, 1.82) is 0 Å². The Hall–Kier alpha value is -2.79. The first-order valence-corrected chi connectivity index (χ1v) is 8.70. The molecule has 0 bridgehead atoms. The Balaban J connectivity index is 0.000000151. The smallest absolute Gasteiger partial charge is 0.251 e. The van der Waals surface area contributed by atoms with E-state index in [2.05, 4.69) is 10.3 Å². The van der Waals surface area contributed by atoms with Gasteiger partial charge in [0, 0.05) is 34.8 Å². The van der Waals surface area contributed by atoms with E-state index in [0.29, 0.717) is 10.7 Å². The monoisotopic (exact) mass is 371 g/mol. The number of aryl methyl sites for hydroxylation is 1. The Morgan fingerprint density at radius 2 is 1.81 bits per heavy atom. The van der Waals surface area contributed by atoms with Crippen LogP contribution in [0.5, 0.6) is 0 Å². The van der Waals surface area contributed by atoms with Crippen LogP contribution in [0.15, 0.2) is 59.4 Å². The molecular formula is C20H22ClN3O2. The highest BCUT2D eigenvalue weighted by atomic mass is 35.5. The van der Waals surface area contributed by atoms with Gasteiger partial charge >= 0.3 is 0 Å². The molecule has 1 aliphatic rings. The van der Waals surface area contributed by atoms with E-state index < -0.39 is 0 Å². The summed E-state index contributed by atoms with van der Waals surface area (Å²) >= 11 is 5.56. The standard InChI is InChI=1S/C10H9NO.C6H6ClN.C4H7NO/c1-7-6-8-4-2-3-5-9(8)11-10(7)12;7-5-2-1-3-6(8)4-5;6-4-2-1-3-5-4/h2-6H,1H3,(H,11,12);1-4H,8H2;1-3H2,(H,5,6). The molecule has 2 heterocycles. The number of aromatic nitrogens is 1. The minimum Gasteiger partial charge on any atom is -0.399 e. The molecule has 3 aromatic rings. The number of pyridine rings is 1. The van der Waals surface area contributed by atoms with Gasteiger partial charge < -0.3 is 16.0 Å². The number of anilines is 1. The molecule has 1 aliphatic heterocycles. The normalized spacial score (nSPS) is 12.5. The Labute approximate surface area is 157 Å². The molecule has 4 N–H and O–H groups in total. The molecule has 0 spiro atoms. The van der Waals surface area contributed by atoms with E-state index in [1.807, 2.05) is 43.3 Å². The maximum absolute atomic E-state index is 11.2. The van der Waals surface area contributed by atoms with E-state index >= 15 is 0 Å². The van der Waals surface area contributed by atoms with Crippen LogP contribution in [0.2, 0.25) is 5.02 Å². The summed E-state index contributed by atoms with van der Waals surface area (Å²) < 4.78 is 0. The molecule has 0 aliphatic carbocycles. The van der Waals surface area contributed by atoms with Crippen LogP contribution in [0.3, 0.4) is 0 Å². The molecule has 0 radical (unpaired) electrons. The maximum Gasteiger partial charge on any atom is 0.251 e. The number of nitrogens with two attached hydrogens (primary N) is 1. The molecule has 1 amide bonds. The predicted molar refractivity (Wildman–Crippen MR) is 107 cm³/mol. The first kappa shape index (κ1) is 19.5. The number of hydrogen-bond donors (Lipinski definition) is 3. The number of nitrogen functional groups attached to an aromatic ring is 1. The molecule has 26 heavy (non-hydrogen) atoms. The zero-order chi connectivity index (χ0) is 18.9. The van der Waals surface area contributed by atoms with Gasteiger partial charge in [0.2, 0.25) is 5.91 Å². The van der Waals surface area contributed by atoms with Gasteiger partial charge in [0.25, 0.3) is 5.56 Å². The van der Waals surface area contributed by atoms with Crippen LogP contribution < -0.4 is 16.6 Å². The average Bonchev–Trinajstić information content (AvgIpc) is 3.08.